The quantitative estimate of drug-likeness (QED) is 0.642. The van der Waals surface area contributed by atoms with Crippen LogP contribution in [-0.4, -0.2) is 5.91 Å². The maximum absolute atomic E-state index is 11.5. The van der Waals surface area contributed by atoms with Crippen LogP contribution in [0.15, 0.2) is 36.4 Å². The van der Waals surface area contributed by atoms with Gasteiger partial charge >= 0.3 is 5.91 Å². The van der Waals surface area contributed by atoms with Gasteiger partial charge in [-0.1, -0.05) is 24.3 Å². The molecule has 1 N–H and O–H groups in total. The van der Waals surface area contributed by atoms with E-state index < -0.39 is 0 Å². The van der Waals surface area contributed by atoms with Crippen LogP contribution in [-0.2, 0) is 11.2 Å². The van der Waals surface area contributed by atoms with Crippen molar-refractivity contribution in [1.82, 2.24) is 0 Å². The van der Waals surface area contributed by atoms with Gasteiger partial charge in [0.2, 0.25) is 0 Å². The van der Waals surface area contributed by atoms with Crippen molar-refractivity contribution in [3.8, 4) is 0 Å². The second-order valence-electron chi connectivity index (χ2n) is 3.74. The Kier molecular flexibility index (Phi) is 1.65. The maximum Gasteiger partial charge on any atom is 0.321 e. The Morgan fingerprint density at radius 2 is 1.93 bits per heavy atom. The number of hydrogen-bond acceptors (Lipinski definition) is 2. The largest absolute Gasteiger partial charge is 0.621 e. The van der Waals surface area contributed by atoms with Gasteiger partial charge < -0.3 is 5.21 Å². The zero-order valence-corrected chi connectivity index (χ0v) is 7.99. The Morgan fingerprint density at radius 1 is 1.13 bits per heavy atom. The number of rotatable bonds is 0. The van der Waals surface area contributed by atoms with Gasteiger partial charge in [-0.25, -0.2) is 4.79 Å². The van der Waals surface area contributed by atoms with Crippen LogP contribution in [0.2, 0.25) is 0 Å². The van der Waals surface area contributed by atoms with E-state index >= 15 is 0 Å². The first-order valence-corrected chi connectivity index (χ1v) is 4.85. The molecular weight excluding hydrogens is 190 g/mol. The average Bonchev–Trinajstić information content (AvgIpc) is 2.56. The highest BCUT2D eigenvalue weighted by atomic mass is 16.5. The third-order valence-electron chi connectivity index (χ3n) is 2.88. The molecule has 0 spiro atoms. The molecule has 0 saturated carbocycles. The number of benzene rings is 2. The number of nitrogens with one attached hydrogen (secondary N) is 1. The average molecular weight is 199 g/mol. The Hall–Kier alpha value is -1.71. The summed E-state index contributed by atoms with van der Waals surface area (Å²) < 4.78 is 0. The molecule has 1 atom stereocenters. The van der Waals surface area contributed by atoms with Gasteiger partial charge in [0.05, 0.1) is 6.42 Å². The zero-order valence-electron chi connectivity index (χ0n) is 7.99. The molecule has 1 aliphatic rings. The summed E-state index contributed by atoms with van der Waals surface area (Å²) in [5.74, 6) is -0.290. The molecule has 1 amide bonds. The normalized spacial score (nSPS) is 19.5. The first kappa shape index (κ1) is 8.59. The van der Waals surface area contributed by atoms with E-state index in [0.29, 0.717) is 5.69 Å². The molecule has 0 saturated heterocycles. The van der Waals surface area contributed by atoms with Gasteiger partial charge in [-0.15, -0.1) is 0 Å². The lowest BCUT2D eigenvalue weighted by Gasteiger charge is -2.12. The van der Waals surface area contributed by atoms with Crippen LogP contribution in [0.25, 0.3) is 10.8 Å². The van der Waals surface area contributed by atoms with E-state index in [0.717, 1.165) is 16.3 Å². The number of carbonyl (C=O) groups excluding carboxylic acids is 1. The molecule has 2 aromatic rings. The summed E-state index contributed by atoms with van der Waals surface area (Å²) in [6, 6.07) is 11.5. The molecule has 0 radical (unpaired) electrons. The first-order valence-electron chi connectivity index (χ1n) is 4.85. The van der Waals surface area contributed by atoms with Gasteiger partial charge in [-0.3, -0.25) is 5.06 Å². The molecular formula is C12H9NO2. The van der Waals surface area contributed by atoms with E-state index in [1.54, 1.807) is 6.07 Å². The number of carbonyl (C=O) groups is 1. The van der Waals surface area contributed by atoms with E-state index in [-0.39, 0.29) is 17.4 Å². The van der Waals surface area contributed by atoms with Crippen molar-refractivity contribution < 1.29 is 9.86 Å². The van der Waals surface area contributed by atoms with Crippen LogP contribution in [0.3, 0.4) is 0 Å². The fraction of sp³-hybridized carbons (Fsp3) is 0.0833. The smallest absolute Gasteiger partial charge is 0.321 e. The molecule has 1 heterocycles. The zero-order chi connectivity index (χ0) is 10.4. The molecule has 0 fully saturated rings. The van der Waals surface area contributed by atoms with Gasteiger partial charge in [0.1, 0.15) is 5.69 Å². The topological polar surface area (TPSA) is 44.6 Å². The molecule has 2 aromatic carbocycles. The van der Waals surface area contributed by atoms with Crippen LogP contribution in [0.4, 0.5) is 5.69 Å². The lowest BCUT2D eigenvalue weighted by Crippen LogP contribution is -3.03. The Bertz CT molecular complexity index is 563. The molecule has 3 heteroatoms. The fourth-order valence-electron chi connectivity index (χ4n) is 2.13. The van der Waals surface area contributed by atoms with Crippen LogP contribution in [0, 0.1) is 5.21 Å². The number of fused-ring (bicyclic) bond motifs is 3. The second kappa shape index (κ2) is 2.89. The molecule has 1 unspecified atom stereocenters. The van der Waals surface area contributed by atoms with Gasteiger partial charge in [-0.2, -0.15) is 0 Å². The Morgan fingerprint density at radius 3 is 2.80 bits per heavy atom. The van der Waals surface area contributed by atoms with Crippen LogP contribution < -0.4 is 5.06 Å². The van der Waals surface area contributed by atoms with Crippen molar-refractivity contribution in [3.05, 3.63) is 47.2 Å². The van der Waals surface area contributed by atoms with Crippen LogP contribution in [0.5, 0.6) is 0 Å². The molecule has 0 aromatic heterocycles. The third-order valence-corrected chi connectivity index (χ3v) is 2.88. The van der Waals surface area contributed by atoms with E-state index in [9.17, 15) is 10.0 Å². The predicted molar refractivity (Wildman–Crippen MR) is 56.6 cm³/mol. The van der Waals surface area contributed by atoms with Crippen LogP contribution in [0.1, 0.15) is 5.56 Å². The highest BCUT2D eigenvalue weighted by Crippen LogP contribution is 2.26. The maximum atomic E-state index is 11.5. The van der Waals surface area contributed by atoms with Crippen molar-refractivity contribution in [1.29, 1.82) is 0 Å². The second-order valence-corrected chi connectivity index (χ2v) is 3.74. The van der Waals surface area contributed by atoms with E-state index in [2.05, 4.69) is 0 Å². The molecule has 74 valence electrons. The predicted octanol–water partition coefficient (Wildman–Crippen LogP) is 0.937. The summed E-state index contributed by atoms with van der Waals surface area (Å²) in [6.45, 7) is 0. The molecule has 3 rings (SSSR count). The monoisotopic (exact) mass is 199 g/mol. The number of quaternary nitrogens is 1. The van der Waals surface area contributed by atoms with Gasteiger partial charge in [0.25, 0.3) is 0 Å². The number of amides is 1. The Balaban J connectivity index is 2.38. The molecule has 15 heavy (non-hydrogen) atoms. The van der Waals surface area contributed by atoms with E-state index in [1.165, 1.54) is 0 Å². The minimum atomic E-state index is -0.337. The van der Waals surface area contributed by atoms with Crippen molar-refractivity contribution in [2.24, 2.45) is 0 Å². The van der Waals surface area contributed by atoms with Crippen molar-refractivity contribution in [3.63, 3.8) is 0 Å². The minimum Gasteiger partial charge on any atom is -0.621 e. The summed E-state index contributed by atoms with van der Waals surface area (Å²) >= 11 is 0. The van der Waals surface area contributed by atoms with Crippen molar-refractivity contribution in [2.45, 2.75) is 6.42 Å². The number of hydroxylamine groups is 1. The standard InChI is InChI=1S/C12H9NO2/c14-12-7-10-9-4-2-1-3-8(9)5-6-11(10)13(12)15/h1-6,13H,7H2. The minimum absolute atomic E-state index is 0.259. The van der Waals surface area contributed by atoms with Gasteiger partial charge in [0, 0.05) is 11.6 Å². The number of hydrogen-bond donors (Lipinski definition) is 1. The first-order chi connectivity index (χ1) is 7.27. The summed E-state index contributed by atoms with van der Waals surface area (Å²) in [5, 5.41) is 13.3. The van der Waals surface area contributed by atoms with Gasteiger partial charge in [-0.05, 0) is 16.8 Å². The summed E-state index contributed by atoms with van der Waals surface area (Å²) in [7, 11) is 0. The highest BCUT2D eigenvalue weighted by Gasteiger charge is 2.28. The lowest BCUT2D eigenvalue weighted by atomic mass is 10.0. The van der Waals surface area contributed by atoms with Crippen LogP contribution >= 0.6 is 0 Å². The molecule has 1 aliphatic heterocycles. The SMILES string of the molecule is O=C1Cc2c(ccc3ccccc23)[NH+]1[O-]. The van der Waals surface area contributed by atoms with E-state index in [1.807, 2.05) is 30.3 Å². The van der Waals surface area contributed by atoms with Gasteiger partial charge in [0.15, 0.2) is 0 Å². The Labute approximate surface area is 86.5 Å². The third kappa shape index (κ3) is 1.11. The summed E-state index contributed by atoms with van der Waals surface area (Å²) in [5.41, 5.74) is 1.47. The summed E-state index contributed by atoms with van der Waals surface area (Å²) in [4.78, 5) is 11.3. The lowest BCUT2D eigenvalue weighted by molar-refractivity contribution is -0.683. The van der Waals surface area contributed by atoms with E-state index in [4.69, 9.17) is 0 Å². The molecule has 0 bridgehead atoms. The highest BCUT2D eigenvalue weighted by molar-refractivity contribution is 5.94. The summed E-state index contributed by atoms with van der Waals surface area (Å²) in [6.07, 6.45) is 0.259. The van der Waals surface area contributed by atoms with Crippen molar-refractivity contribution in [2.75, 3.05) is 0 Å². The molecule has 0 aliphatic carbocycles. The van der Waals surface area contributed by atoms with Crippen molar-refractivity contribution >= 4 is 22.4 Å². The molecule has 3 nitrogen and oxygen atoms in total. The fourth-order valence-corrected chi connectivity index (χ4v) is 2.13.